The number of Topliss-reactive ketones (excluding diaryl/α,β-unsaturated/α-hetero) is 1. The van der Waals surface area contributed by atoms with Crippen molar-refractivity contribution in [3.05, 3.63) is 143 Å². The van der Waals surface area contributed by atoms with E-state index in [2.05, 4.69) is 52.3 Å². The largest absolute Gasteiger partial charge is 0.493 e. The summed E-state index contributed by atoms with van der Waals surface area (Å²) in [6, 6.07) is 20.3. The van der Waals surface area contributed by atoms with Crippen LogP contribution in [0.2, 0.25) is 18.1 Å². The summed E-state index contributed by atoms with van der Waals surface area (Å²) in [4.78, 5) is 104. The van der Waals surface area contributed by atoms with E-state index in [0.717, 1.165) is 29.5 Å². The Morgan fingerprint density at radius 2 is 1.43 bits per heavy atom. The van der Waals surface area contributed by atoms with Crippen molar-refractivity contribution in [2.24, 2.45) is 17.3 Å². The summed E-state index contributed by atoms with van der Waals surface area (Å²) in [5, 5.41) is 2.52. The molecule has 19 nitrogen and oxygen atoms in total. The summed E-state index contributed by atoms with van der Waals surface area (Å²) < 4.78 is 43.0. The molecule has 1 saturated carbocycles. The van der Waals surface area contributed by atoms with Crippen molar-refractivity contribution < 1.29 is 66.4 Å². The molecule has 1 saturated heterocycles. The number of esters is 1. The van der Waals surface area contributed by atoms with Gasteiger partial charge in [-0.25, -0.2) is 14.5 Å². The SMILES string of the molecule is C=CCOC(=O)C[C@@H](C(=O)N[C@@H](C)C(=O)Cc1ccc(COC(=O)N2c3cc(OCCCOc4cc5c(cc4OC)C(=O)N4C=C(c6ccc(C)cc6)C[C@H]4CN5C(=O)OCC=C)c(C)cc3C(=O)N3CC4(CC4)C[C@H]3C2O[Si](C)(C)C(C)(C)C)cc1)C(C)C. The van der Waals surface area contributed by atoms with Crippen molar-refractivity contribution in [3.63, 3.8) is 0 Å². The third kappa shape index (κ3) is 14.7. The zero-order valence-electron chi connectivity index (χ0n) is 53.9. The second-order valence-electron chi connectivity index (χ2n) is 26.4. The van der Waals surface area contributed by atoms with Crippen molar-refractivity contribution in [2.45, 2.75) is 149 Å². The fourth-order valence-corrected chi connectivity index (χ4v) is 13.0. The van der Waals surface area contributed by atoms with Crippen LogP contribution in [0.3, 0.4) is 0 Å². The summed E-state index contributed by atoms with van der Waals surface area (Å²) in [7, 11) is -1.19. The Balaban J connectivity index is 0.923. The Morgan fingerprint density at radius 3 is 2.08 bits per heavy atom. The minimum atomic E-state index is -2.68. The van der Waals surface area contributed by atoms with Gasteiger partial charge in [0.1, 0.15) is 25.6 Å². The van der Waals surface area contributed by atoms with E-state index in [4.69, 9.17) is 32.8 Å². The van der Waals surface area contributed by atoms with Gasteiger partial charge in [0.15, 0.2) is 31.8 Å². The molecule has 1 unspecified atom stereocenters. The number of ether oxygens (including phenoxy) is 6. The van der Waals surface area contributed by atoms with Gasteiger partial charge in [-0.15, -0.1) is 0 Å². The summed E-state index contributed by atoms with van der Waals surface area (Å²) >= 11 is 0. The first-order valence-corrected chi connectivity index (χ1v) is 34.1. The minimum absolute atomic E-state index is 0.0206. The van der Waals surface area contributed by atoms with Gasteiger partial charge < -0.3 is 48.0 Å². The number of aryl methyl sites for hydroxylation is 2. The number of nitrogens with zero attached hydrogens (tertiary/aromatic N) is 4. The normalized spacial score (nSPS) is 18.8. The molecule has 9 rings (SSSR count). The minimum Gasteiger partial charge on any atom is -0.493 e. The molecule has 1 N–H and O–H groups in total. The number of rotatable bonds is 24. The molecule has 5 atom stereocenters. The van der Waals surface area contributed by atoms with Gasteiger partial charge in [0.05, 0.1) is 79.8 Å². The van der Waals surface area contributed by atoms with Crippen LogP contribution >= 0.6 is 0 Å². The lowest BCUT2D eigenvalue weighted by Gasteiger charge is -2.44. The monoisotopic (exact) mass is 1250 g/mol. The number of fused-ring (bicyclic) bond motifs is 4. The first-order chi connectivity index (χ1) is 42.7. The number of ketones is 1. The second kappa shape index (κ2) is 27.5. The number of anilines is 2. The topological polar surface area (TPSA) is 209 Å². The predicted octanol–water partition coefficient (Wildman–Crippen LogP) is 12.1. The number of hydrogen-bond acceptors (Lipinski definition) is 14. The lowest BCUT2D eigenvalue weighted by atomic mass is 9.91. The number of benzene rings is 4. The fraction of sp³-hybridized carbons (Fsp3) is 0.471. The van der Waals surface area contributed by atoms with Gasteiger partial charge in [-0.2, -0.15) is 0 Å². The van der Waals surface area contributed by atoms with Crippen LogP contribution in [0.4, 0.5) is 21.0 Å². The smallest absolute Gasteiger partial charge is 0.416 e. The standard InChI is InChI=1S/C70H87N5O14Si/c1-14-27-86-62(77)35-52(43(3)4)63(78)71-46(7)58(76)32-47-19-21-48(22-20-47)41-88-68(82)75-56-37-59(45(6)31-53(56)65(80)74-42-70(25-26-70)38-57(74)66(75)89-90(12,13)69(8,9)10)84-29-16-30-85-61-36-55-54(34-60(61)83-11)64(79)72-39-50(49-23-17-44(5)18-24-49)33-51(72)40-73(55)67(81)87-28-15-2/h14-15,17-24,31,34,36-37,39,43,46,51-52,57,66H,1-2,16,25-30,32-33,35,38,40-42H2,3-13H3,(H,71,78)/t46-,51-,52+,57-,66?/m0/s1. The number of methoxy groups -OCH3 is 1. The quantitative estimate of drug-likeness (QED) is 0.0228. The number of carbonyl (C=O) groups is 7. The van der Waals surface area contributed by atoms with Gasteiger partial charge in [0.25, 0.3) is 11.8 Å². The maximum Gasteiger partial charge on any atom is 0.416 e. The zero-order chi connectivity index (χ0) is 65.0. The van der Waals surface area contributed by atoms with E-state index in [0.29, 0.717) is 76.7 Å². The molecular formula is C70H87N5O14Si. The van der Waals surface area contributed by atoms with Crippen LogP contribution in [0, 0.1) is 31.1 Å². The van der Waals surface area contributed by atoms with Gasteiger partial charge in [-0.1, -0.05) is 114 Å². The summed E-state index contributed by atoms with van der Waals surface area (Å²) in [6.07, 6.45) is 5.96. The van der Waals surface area contributed by atoms with E-state index in [9.17, 15) is 24.0 Å². The first kappa shape index (κ1) is 66.2. The summed E-state index contributed by atoms with van der Waals surface area (Å²) in [6.45, 7) is 28.0. The fourth-order valence-electron chi connectivity index (χ4n) is 11.8. The first-order valence-electron chi connectivity index (χ1n) is 31.2. The van der Waals surface area contributed by atoms with Crippen molar-refractivity contribution >= 4 is 66.9 Å². The van der Waals surface area contributed by atoms with Crippen molar-refractivity contribution in [1.29, 1.82) is 0 Å². The third-order valence-electron chi connectivity index (χ3n) is 18.4. The average Bonchev–Trinajstić information content (AvgIpc) is 1.57. The van der Waals surface area contributed by atoms with Crippen LogP contribution in [-0.4, -0.2) is 131 Å². The molecule has 5 amide bonds. The van der Waals surface area contributed by atoms with Crippen molar-refractivity contribution in [3.8, 4) is 17.2 Å². The molecule has 4 heterocycles. The Hall–Kier alpha value is -8.23. The molecule has 4 aromatic rings. The van der Waals surface area contributed by atoms with Gasteiger partial charge in [0, 0.05) is 37.7 Å². The molecule has 1 spiro atoms. The molecule has 20 heteroatoms. The summed E-state index contributed by atoms with van der Waals surface area (Å²) in [5.41, 5.74) is 6.25. The van der Waals surface area contributed by atoms with Gasteiger partial charge in [-0.3, -0.25) is 28.9 Å². The summed E-state index contributed by atoms with van der Waals surface area (Å²) in [5.74, 6) is -1.49. The van der Waals surface area contributed by atoms with Crippen LogP contribution in [0.15, 0.2) is 104 Å². The molecule has 0 aromatic heterocycles. The van der Waals surface area contributed by atoms with E-state index in [1.54, 1.807) is 60.4 Å². The van der Waals surface area contributed by atoms with Crippen LogP contribution in [-0.2, 0) is 46.0 Å². The zero-order valence-corrected chi connectivity index (χ0v) is 54.9. The molecule has 4 aliphatic heterocycles. The van der Waals surface area contributed by atoms with Gasteiger partial charge in [-0.05, 0) is 116 Å². The number of carbonyl (C=O) groups excluding carboxylic acids is 7. The number of amides is 5. The Kier molecular flexibility index (Phi) is 20.2. The van der Waals surface area contributed by atoms with E-state index < -0.39 is 56.6 Å². The van der Waals surface area contributed by atoms with E-state index in [1.165, 1.54) is 29.1 Å². The molecule has 90 heavy (non-hydrogen) atoms. The lowest BCUT2D eigenvalue weighted by Crippen LogP contribution is -2.58. The molecule has 0 bridgehead atoms. The third-order valence-corrected chi connectivity index (χ3v) is 22.8. The molecule has 2 fully saturated rings. The molecule has 0 radical (unpaired) electrons. The van der Waals surface area contributed by atoms with Gasteiger partial charge >= 0.3 is 18.2 Å². The van der Waals surface area contributed by atoms with Crippen LogP contribution < -0.4 is 29.3 Å². The molecule has 1 aliphatic carbocycles. The van der Waals surface area contributed by atoms with Crippen LogP contribution in [0.1, 0.15) is 129 Å². The number of nitrogens with one attached hydrogen (secondary N) is 1. The molecular weight excluding hydrogens is 1160 g/mol. The molecule has 4 aromatic carbocycles. The van der Waals surface area contributed by atoms with Crippen molar-refractivity contribution in [1.82, 2.24) is 15.1 Å². The Morgan fingerprint density at radius 1 is 0.789 bits per heavy atom. The molecule has 480 valence electrons. The maximum atomic E-state index is 15.2. The predicted molar refractivity (Wildman–Crippen MR) is 345 cm³/mol. The van der Waals surface area contributed by atoms with E-state index >= 15 is 9.59 Å². The lowest BCUT2D eigenvalue weighted by molar-refractivity contribution is -0.146. The highest BCUT2D eigenvalue weighted by atomic mass is 28.4. The highest BCUT2D eigenvalue weighted by Gasteiger charge is 2.60. The highest BCUT2D eigenvalue weighted by molar-refractivity contribution is 6.74. The van der Waals surface area contributed by atoms with Crippen LogP contribution in [0.5, 0.6) is 17.2 Å². The van der Waals surface area contributed by atoms with Gasteiger partial charge in [0.2, 0.25) is 5.91 Å². The Labute approximate surface area is 529 Å². The Bertz CT molecular complexity index is 3440. The average molecular weight is 1250 g/mol. The second-order valence-corrected chi connectivity index (χ2v) is 31.1. The number of hydrogen-bond donors (Lipinski definition) is 1. The van der Waals surface area contributed by atoms with E-state index in [-0.39, 0.29) is 98.0 Å². The highest BCUT2D eigenvalue weighted by Crippen LogP contribution is 2.58. The van der Waals surface area contributed by atoms with Crippen molar-refractivity contribution in [2.75, 3.05) is 56.4 Å². The molecule has 5 aliphatic rings. The maximum absolute atomic E-state index is 15.2. The van der Waals surface area contributed by atoms with E-state index in [1.807, 2.05) is 63.1 Å². The van der Waals surface area contributed by atoms with Crippen LogP contribution in [0.25, 0.3) is 5.57 Å².